The van der Waals surface area contributed by atoms with E-state index < -0.39 is 188 Å². The second kappa shape index (κ2) is 42.4. The second-order valence-corrected chi connectivity index (χ2v) is 22.5. The number of rotatable bonds is 46. The maximum Gasteiger partial charge on any atom is 0.326 e. The van der Waals surface area contributed by atoms with E-state index in [9.17, 15) is 82.4 Å². The van der Waals surface area contributed by atoms with Gasteiger partial charge in [-0.05, 0) is 64.2 Å². The van der Waals surface area contributed by atoms with Gasteiger partial charge in [0, 0.05) is 25.7 Å². The standard InChI is InChI=1S/C57H98N10O18/c1-11-12-13-14-15-16-17-18-19-20-21-22-23-24-41(68)58-31-42(69)65-46(32(2)3)55(82)67-48(34(6)7)56(83)66-47(33(4)5)54(81)61-36(9)50(77)59-35(8)49(76)60-37(10)51(78)62-38(25-28-43(70)71)52(79)63-39(26-29-44(72)73)53(80)64-40(57(84)85)27-30-45(74)75/h32-40,46-48H,11-31H2,1-10H3,(H,58,68)(H,59,77)(H,60,76)(H,61,81)(H,62,78)(H,63,79)(H,64,80)(H,65,69)(H,66,83)(H,67,82)(H,70,71)(H,72,73)(H,74,75)(H,84,85)/t35-,36-,37-,38-,39-,40-,46-,47-,48-/m0/s1. The van der Waals surface area contributed by atoms with Gasteiger partial charge in [-0.1, -0.05) is 126 Å². The topological polar surface area (TPSA) is 440 Å². The van der Waals surface area contributed by atoms with Gasteiger partial charge < -0.3 is 73.6 Å². The van der Waals surface area contributed by atoms with Crippen molar-refractivity contribution in [3.05, 3.63) is 0 Å². The molecule has 0 spiro atoms. The van der Waals surface area contributed by atoms with Crippen molar-refractivity contribution < 1.29 is 87.5 Å². The third-order valence-electron chi connectivity index (χ3n) is 13.8. The maximum absolute atomic E-state index is 13.8. The highest BCUT2D eigenvalue weighted by Crippen LogP contribution is 2.14. The van der Waals surface area contributed by atoms with E-state index in [1.807, 2.05) is 5.32 Å². The van der Waals surface area contributed by atoms with Gasteiger partial charge in [0.05, 0.1) is 6.54 Å². The quantitative estimate of drug-likeness (QED) is 0.0385. The predicted octanol–water partition coefficient (Wildman–Crippen LogP) is 1.65. The number of carboxylic acid groups (broad SMARTS) is 4. The number of carboxylic acids is 4. The SMILES string of the molecule is CCCCCCCCCCCCCCCC(=O)NCC(=O)N[C@H](C(=O)N[C@H](C(=O)N[C@H](C(=O)N[C@@H](C)C(=O)N[C@@H](C)C(=O)N[C@@H](C)C(=O)N[C@@H](CCC(=O)O)C(=O)N[C@@H](CCC(=O)O)C(=O)N[C@@H](CCC(=O)O)C(=O)O)C(C)C)C(C)C)C(C)C. The molecule has 0 aliphatic heterocycles. The summed E-state index contributed by atoms with van der Waals surface area (Å²) in [5, 5.41) is 61.2. The molecule has 10 amide bonds. The summed E-state index contributed by atoms with van der Waals surface area (Å²) < 4.78 is 0. The zero-order chi connectivity index (χ0) is 64.9. The number of carbonyl (C=O) groups excluding carboxylic acids is 10. The predicted molar refractivity (Wildman–Crippen MR) is 310 cm³/mol. The molecule has 0 saturated carbocycles. The Morgan fingerprint density at radius 1 is 0.306 bits per heavy atom. The van der Waals surface area contributed by atoms with Crippen LogP contribution in [0.5, 0.6) is 0 Å². The Balaban J connectivity index is 5.56. The van der Waals surface area contributed by atoms with Gasteiger partial charge in [0.25, 0.3) is 0 Å². The second-order valence-electron chi connectivity index (χ2n) is 22.5. The normalized spacial score (nSPS) is 14.3. The number of amides is 10. The molecule has 0 aromatic carbocycles. The summed E-state index contributed by atoms with van der Waals surface area (Å²) in [4.78, 5) is 178. The molecule has 0 rings (SSSR count). The van der Waals surface area contributed by atoms with E-state index in [-0.39, 0.29) is 18.9 Å². The lowest BCUT2D eigenvalue weighted by molar-refractivity contribution is -0.144. The molecule has 0 aliphatic carbocycles. The van der Waals surface area contributed by atoms with E-state index >= 15 is 0 Å². The van der Waals surface area contributed by atoms with Crippen LogP contribution in [0.2, 0.25) is 0 Å². The molecule has 28 heteroatoms. The van der Waals surface area contributed by atoms with E-state index in [4.69, 9.17) is 5.11 Å². The Morgan fingerprint density at radius 2 is 0.600 bits per heavy atom. The molecule has 0 heterocycles. The summed E-state index contributed by atoms with van der Waals surface area (Å²) in [6.45, 7) is 15.5. The van der Waals surface area contributed by atoms with Crippen LogP contribution in [0.15, 0.2) is 0 Å². The first-order valence-corrected chi connectivity index (χ1v) is 29.7. The number of nitrogens with one attached hydrogen (secondary N) is 10. The monoisotopic (exact) mass is 1210 g/mol. The van der Waals surface area contributed by atoms with Crippen molar-refractivity contribution in [2.45, 2.75) is 252 Å². The van der Waals surface area contributed by atoms with Gasteiger partial charge in [-0.3, -0.25) is 62.3 Å². The van der Waals surface area contributed by atoms with Crippen molar-refractivity contribution in [3.63, 3.8) is 0 Å². The van der Waals surface area contributed by atoms with Gasteiger partial charge in [0.1, 0.15) is 54.4 Å². The van der Waals surface area contributed by atoms with Crippen molar-refractivity contribution in [1.82, 2.24) is 53.2 Å². The largest absolute Gasteiger partial charge is 0.481 e. The molecule has 0 radical (unpaired) electrons. The van der Waals surface area contributed by atoms with Gasteiger partial charge in [0.15, 0.2) is 0 Å². The highest BCUT2D eigenvalue weighted by atomic mass is 16.4. The molecule has 0 aliphatic rings. The van der Waals surface area contributed by atoms with Crippen molar-refractivity contribution in [3.8, 4) is 0 Å². The first-order chi connectivity index (χ1) is 39.8. The van der Waals surface area contributed by atoms with Crippen LogP contribution in [-0.4, -0.2) is 164 Å². The van der Waals surface area contributed by atoms with Crippen LogP contribution < -0.4 is 53.2 Å². The molecule has 0 aromatic rings. The van der Waals surface area contributed by atoms with Gasteiger partial charge in [-0.2, -0.15) is 0 Å². The summed E-state index contributed by atoms with van der Waals surface area (Å²) in [7, 11) is 0. The average Bonchev–Trinajstić information content (AvgIpc) is 3.48. The minimum atomic E-state index is -1.76. The average molecular weight is 1210 g/mol. The summed E-state index contributed by atoms with van der Waals surface area (Å²) in [6.07, 6.45) is 11.6. The van der Waals surface area contributed by atoms with Gasteiger partial charge >= 0.3 is 23.9 Å². The zero-order valence-corrected chi connectivity index (χ0v) is 51.3. The minimum Gasteiger partial charge on any atom is -0.481 e. The first kappa shape index (κ1) is 77.6. The summed E-state index contributed by atoms with van der Waals surface area (Å²) >= 11 is 0. The molecule has 0 unspecified atom stereocenters. The Bertz CT molecular complexity index is 2230. The summed E-state index contributed by atoms with van der Waals surface area (Å²) in [6, 6.07) is -13.0. The molecular formula is C57H98N10O18. The van der Waals surface area contributed by atoms with Crippen LogP contribution in [0.25, 0.3) is 0 Å². The highest BCUT2D eigenvalue weighted by Gasteiger charge is 2.36. The Kier molecular flexibility index (Phi) is 38.7. The van der Waals surface area contributed by atoms with E-state index in [0.717, 1.165) is 19.3 Å². The smallest absolute Gasteiger partial charge is 0.326 e. The first-order valence-electron chi connectivity index (χ1n) is 29.7. The van der Waals surface area contributed by atoms with Crippen molar-refractivity contribution >= 4 is 82.9 Å². The highest BCUT2D eigenvalue weighted by molar-refractivity contribution is 5.98. The van der Waals surface area contributed by atoms with E-state index in [2.05, 4.69) is 54.8 Å². The number of hydrogen-bond acceptors (Lipinski definition) is 14. The molecule has 28 nitrogen and oxygen atoms in total. The van der Waals surface area contributed by atoms with Crippen LogP contribution in [0, 0.1) is 17.8 Å². The van der Waals surface area contributed by atoms with Crippen LogP contribution >= 0.6 is 0 Å². The fourth-order valence-electron chi connectivity index (χ4n) is 8.50. The summed E-state index contributed by atoms with van der Waals surface area (Å²) in [5.74, 6) is -15.8. The van der Waals surface area contributed by atoms with Crippen LogP contribution in [0.1, 0.15) is 198 Å². The fraction of sp³-hybridized carbons (Fsp3) is 0.754. The molecule has 85 heavy (non-hydrogen) atoms. The fourth-order valence-corrected chi connectivity index (χ4v) is 8.50. The van der Waals surface area contributed by atoms with Crippen LogP contribution in [0.3, 0.4) is 0 Å². The molecular weight excluding hydrogens is 1110 g/mol. The lowest BCUT2D eigenvalue weighted by atomic mass is 9.98. The van der Waals surface area contributed by atoms with Crippen LogP contribution in [-0.2, 0) is 67.1 Å². The lowest BCUT2D eigenvalue weighted by Gasteiger charge is -2.30. The molecule has 0 saturated heterocycles. The molecule has 14 N–H and O–H groups in total. The number of carbonyl (C=O) groups is 14. The Hall–Kier alpha value is -7.42. The number of hydrogen-bond donors (Lipinski definition) is 14. The van der Waals surface area contributed by atoms with Gasteiger partial charge in [-0.25, -0.2) is 4.79 Å². The zero-order valence-electron chi connectivity index (χ0n) is 51.3. The van der Waals surface area contributed by atoms with Crippen molar-refractivity contribution in [2.75, 3.05) is 6.54 Å². The van der Waals surface area contributed by atoms with E-state index in [1.165, 1.54) is 78.6 Å². The van der Waals surface area contributed by atoms with Gasteiger partial charge in [-0.15, -0.1) is 0 Å². The molecule has 0 fully saturated rings. The minimum absolute atomic E-state index is 0.269. The maximum atomic E-state index is 13.8. The van der Waals surface area contributed by atoms with Crippen LogP contribution in [0.4, 0.5) is 0 Å². The third kappa shape index (κ3) is 34.2. The summed E-state index contributed by atoms with van der Waals surface area (Å²) in [5.41, 5.74) is 0. The Morgan fingerprint density at radius 3 is 0.953 bits per heavy atom. The number of unbranched alkanes of at least 4 members (excludes halogenated alkanes) is 12. The molecule has 484 valence electrons. The number of aliphatic carboxylic acids is 4. The van der Waals surface area contributed by atoms with Gasteiger partial charge in [0.2, 0.25) is 59.1 Å². The Labute approximate surface area is 498 Å². The van der Waals surface area contributed by atoms with E-state index in [0.29, 0.717) is 6.42 Å². The van der Waals surface area contributed by atoms with E-state index in [1.54, 1.807) is 41.5 Å². The molecule has 0 bridgehead atoms. The van der Waals surface area contributed by atoms with Crippen molar-refractivity contribution in [1.29, 1.82) is 0 Å². The molecule has 0 aromatic heterocycles. The van der Waals surface area contributed by atoms with Crippen molar-refractivity contribution in [2.24, 2.45) is 17.8 Å². The lowest BCUT2D eigenvalue weighted by Crippen LogP contribution is -2.61. The third-order valence-corrected chi connectivity index (χ3v) is 13.8. The molecule has 9 atom stereocenters.